The Kier molecular flexibility index (Phi) is 6.90. The molecule has 24 heavy (non-hydrogen) atoms. The van der Waals surface area contributed by atoms with Gasteiger partial charge in [-0.1, -0.05) is 44.2 Å². The maximum atomic E-state index is 11.1. The Hall–Kier alpha value is -1.76. The summed E-state index contributed by atoms with van der Waals surface area (Å²) in [7, 11) is 0. The number of hydrogen-bond acceptors (Lipinski definition) is 5. The maximum Gasteiger partial charge on any atom is 0.223 e. The van der Waals surface area contributed by atoms with Gasteiger partial charge in [-0.25, -0.2) is 4.98 Å². The molecule has 2 aromatic rings. The summed E-state index contributed by atoms with van der Waals surface area (Å²) >= 11 is 1.42. The number of rotatable bonds is 8. The van der Waals surface area contributed by atoms with E-state index < -0.39 is 0 Å². The van der Waals surface area contributed by atoms with E-state index in [0.717, 1.165) is 12.2 Å². The molecule has 1 aromatic carbocycles. The molecule has 0 aliphatic carbocycles. The molecule has 1 aromatic heterocycles. The molecule has 0 aliphatic heterocycles. The standard InChI is InChI=1S/C18H25N3O2S/c1-13(2)17(11-22)21(9-15-7-5-4-6-8-15)10-16-12-24-18(20-16)19-14(3)23/h4-8,12-13,17,22H,9-11H2,1-3H3,(H,19,20,23). The van der Waals surface area contributed by atoms with Crippen molar-refractivity contribution in [3.8, 4) is 0 Å². The van der Waals surface area contributed by atoms with Gasteiger partial charge in [-0.05, 0) is 11.5 Å². The summed E-state index contributed by atoms with van der Waals surface area (Å²) in [5.41, 5.74) is 2.10. The highest BCUT2D eigenvalue weighted by Crippen LogP contribution is 2.21. The van der Waals surface area contributed by atoms with E-state index in [1.807, 2.05) is 23.6 Å². The number of amides is 1. The number of hydrogen-bond donors (Lipinski definition) is 2. The zero-order valence-corrected chi connectivity index (χ0v) is 15.2. The van der Waals surface area contributed by atoms with Crippen LogP contribution in [0.2, 0.25) is 0 Å². The first kappa shape index (κ1) is 18.6. The largest absolute Gasteiger partial charge is 0.395 e. The number of carbonyl (C=O) groups is 1. The van der Waals surface area contributed by atoms with Gasteiger partial charge in [0.05, 0.1) is 12.3 Å². The number of benzene rings is 1. The van der Waals surface area contributed by atoms with Gasteiger partial charge >= 0.3 is 0 Å². The van der Waals surface area contributed by atoms with E-state index in [9.17, 15) is 9.90 Å². The quantitative estimate of drug-likeness (QED) is 0.770. The summed E-state index contributed by atoms with van der Waals surface area (Å²) < 4.78 is 0. The highest BCUT2D eigenvalue weighted by Gasteiger charge is 2.22. The van der Waals surface area contributed by atoms with Crippen LogP contribution in [0.4, 0.5) is 5.13 Å². The molecule has 6 heteroatoms. The van der Waals surface area contributed by atoms with Crippen molar-refractivity contribution in [3.05, 3.63) is 47.0 Å². The van der Waals surface area contributed by atoms with Crippen LogP contribution in [0.3, 0.4) is 0 Å². The Morgan fingerprint density at radius 2 is 2.00 bits per heavy atom. The van der Waals surface area contributed by atoms with Crippen molar-refractivity contribution in [1.29, 1.82) is 0 Å². The van der Waals surface area contributed by atoms with Gasteiger partial charge in [0, 0.05) is 31.4 Å². The van der Waals surface area contributed by atoms with Crippen LogP contribution in [0.15, 0.2) is 35.7 Å². The van der Waals surface area contributed by atoms with E-state index in [1.165, 1.54) is 23.8 Å². The molecule has 0 aliphatic rings. The van der Waals surface area contributed by atoms with Crippen molar-refractivity contribution >= 4 is 22.4 Å². The zero-order chi connectivity index (χ0) is 17.5. The second kappa shape index (κ2) is 8.92. The van der Waals surface area contributed by atoms with Gasteiger partial charge in [0.1, 0.15) is 0 Å². The van der Waals surface area contributed by atoms with Crippen molar-refractivity contribution in [2.24, 2.45) is 5.92 Å². The van der Waals surface area contributed by atoms with Crippen LogP contribution in [0.25, 0.3) is 0 Å². The molecule has 1 unspecified atom stereocenters. The van der Waals surface area contributed by atoms with Crippen molar-refractivity contribution in [1.82, 2.24) is 9.88 Å². The predicted molar refractivity (Wildman–Crippen MR) is 97.8 cm³/mol. The Bertz CT molecular complexity index is 643. The predicted octanol–water partition coefficient (Wildman–Crippen LogP) is 3.12. The molecule has 1 atom stereocenters. The average Bonchev–Trinajstić information content (AvgIpc) is 2.94. The summed E-state index contributed by atoms with van der Waals surface area (Å²) in [4.78, 5) is 17.9. The first-order valence-corrected chi connectivity index (χ1v) is 8.98. The lowest BCUT2D eigenvalue weighted by Gasteiger charge is -2.32. The van der Waals surface area contributed by atoms with Gasteiger partial charge in [-0.2, -0.15) is 0 Å². The first-order chi connectivity index (χ1) is 11.5. The second-order valence-corrected chi connectivity index (χ2v) is 7.07. The SMILES string of the molecule is CC(=O)Nc1nc(CN(Cc2ccccc2)C(CO)C(C)C)cs1. The monoisotopic (exact) mass is 347 g/mol. The van der Waals surface area contributed by atoms with Crippen LogP contribution in [0.1, 0.15) is 32.0 Å². The fourth-order valence-corrected chi connectivity index (χ4v) is 3.40. The van der Waals surface area contributed by atoms with Gasteiger partial charge in [0.2, 0.25) is 5.91 Å². The minimum Gasteiger partial charge on any atom is -0.395 e. The lowest BCUT2D eigenvalue weighted by Crippen LogP contribution is -2.40. The number of nitrogens with zero attached hydrogens (tertiary/aromatic N) is 2. The van der Waals surface area contributed by atoms with Gasteiger partial charge in [-0.3, -0.25) is 9.69 Å². The minimum atomic E-state index is -0.118. The number of aliphatic hydroxyl groups is 1. The van der Waals surface area contributed by atoms with E-state index in [-0.39, 0.29) is 18.6 Å². The van der Waals surface area contributed by atoms with Gasteiger partial charge in [-0.15, -0.1) is 11.3 Å². The van der Waals surface area contributed by atoms with E-state index >= 15 is 0 Å². The Morgan fingerprint density at radius 1 is 1.29 bits per heavy atom. The van der Waals surface area contributed by atoms with Crippen molar-refractivity contribution in [2.45, 2.75) is 39.9 Å². The highest BCUT2D eigenvalue weighted by atomic mass is 32.1. The number of aromatic nitrogens is 1. The average molecular weight is 347 g/mol. The van der Waals surface area contributed by atoms with Gasteiger partial charge in [0.15, 0.2) is 5.13 Å². The molecular weight excluding hydrogens is 322 g/mol. The molecular formula is C18H25N3O2S. The summed E-state index contributed by atoms with van der Waals surface area (Å²) in [6, 6.07) is 10.3. The Balaban J connectivity index is 2.15. The lowest BCUT2D eigenvalue weighted by atomic mass is 10.0. The molecule has 1 heterocycles. The number of aliphatic hydroxyl groups excluding tert-OH is 1. The number of nitrogens with one attached hydrogen (secondary N) is 1. The topological polar surface area (TPSA) is 65.5 Å². The molecule has 0 bridgehead atoms. The molecule has 0 fully saturated rings. The molecule has 2 rings (SSSR count). The Morgan fingerprint density at radius 3 is 2.58 bits per heavy atom. The third kappa shape index (κ3) is 5.40. The van der Waals surface area contributed by atoms with Crippen LogP contribution in [0.5, 0.6) is 0 Å². The summed E-state index contributed by atoms with van der Waals surface area (Å²) in [6.45, 7) is 7.19. The molecule has 0 saturated carbocycles. The maximum absolute atomic E-state index is 11.1. The third-order valence-corrected chi connectivity index (χ3v) is 4.66. The highest BCUT2D eigenvalue weighted by molar-refractivity contribution is 7.13. The fraction of sp³-hybridized carbons (Fsp3) is 0.444. The van der Waals surface area contributed by atoms with E-state index in [4.69, 9.17) is 0 Å². The number of carbonyl (C=O) groups excluding carboxylic acids is 1. The normalized spacial score (nSPS) is 12.6. The van der Waals surface area contributed by atoms with Crippen LogP contribution in [-0.4, -0.2) is 33.5 Å². The Labute approximate surface area is 147 Å². The smallest absolute Gasteiger partial charge is 0.223 e. The molecule has 0 saturated heterocycles. The fourth-order valence-electron chi connectivity index (χ4n) is 2.65. The minimum absolute atomic E-state index is 0.0520. The van der Waals surface area contributed by atoms with E-state index in [0.29, 0.717) is 17.6 Å². The van der Waals surface area contributed by atoms with E-state index in [2.05, 4.69) is 41.2 Å². The molecule has 130 valence electrons. The van der Waals surface area contributed by atoms with Crippen LogP contribution >= 0.6 is 11.3 Å². The van der Waals surface area contributed by atoms with Crippen LogP contribution in [0, 0.1) is 5.92 Å². The van der Waals surface area contributed by atoms with Gasteiger partial charge in [0.25, 0.3) is 0 Å². The second-order valence-electron chi connectivity index (χ2n) is 6.21. The molecule has 1 amide bonds. The van der Waals surface area contributed by atoms with Crippen molar-refractivity contribution in [2.75, 3.05) is 11.9 Å². The summed E-state index contributed by atoms with van der Waals surface area (Å²) in [5.74, 6) is 0.208. The molecule has 5 nitrogen and oxygen atoms in total. The molecule has 0 radical (unpaired) electrons. The van der Waals surface area contributed by atoms with Crippen LogP contribution in [-0.2, 0) is 17.9 Å². The van der Waals surface area contributed by atoms with Gasteiger partial charge < -0.3 is 10.4 Å². The van der Waals surface area contributed by atoms with Crippen LogP contribution < -0.4 is 5.32 Å². The number of anilines is 1. The third-order valence-electron chi connectivity index (χ3n) is 3.85. The first-order valence-electron chi connectivity index (χ1n) is 8.10. The van der Waals surface area contributed by atoms with Crippen molar-refractivity contribution < 1.29 is 9.90 Å². The zero-order valence-electron chi connectivity index (χ0n) is 14.4. The molecule has 0 spiro atoms. The van der Waals surface area contributed by atoms with E-state index in [1.54, 1.807) is 0 Å². The van der Waals surface area contributed by atoms with Crippen molar-refractivity contribution in [3.63, 3.8) is 0 Å². The lowest BCUT2D eigenvalue weighted by molar-refractivity contribution is -0.114. The number of thiazole rings is 1. The summed E-state index contributed by atoms with van der Waals surface area (Å²) in [6.07, 6.45) is 0. The molecule has 2 N–H and O–H groups in total. The summed E-state index contributed by atoms with van der Waals surface area (Å²) in [5, 5.41) is 15.1.